The molecule has 0 aromatic carbocycles. The largest absolute Gasteiger partial charge is 0.376 e. The molecule has 5 rings (SSSR count). The number of hydrogen-bond acceptors (Lipinski definition) is 4. The zero-order valence-corrected chi connectivity index (χ0v) is 18.7. The van der Waals surface area contributed by atoms with E-state index in [9.17, 15) is 0 Å². The summed E-state index contributed by atoms with van der Waals surface area (Å²) in [4.78, 5) is 11.3. The highest BCUT2D eigenvalue weighted by atomic mass is 32.1. The van der Waals surface area contributed by atoms with Crippen LogP contribution in [0.2, 0.25) is 0 Å². The third-order valence-corrected chi connectivity index (χ3v) is 6.67. The van der Waals surface area contributed by atoms with Crippen molar-refractivity contribution in [2.45, 2.75) is 44.9 Å². The summed E-state index contributed by atoms with van der Waals surface area (Å²) in [7, 11) is 0. The summed E-state index contributed by atoms with van der Waals surface area (Å²) in [6.07, 6.45) is 7.96. The summed E-state index contributed by atoms with van der Waals surface area (Å²) in [6, 6.07) is 12.4. The molecule has 0 bridgehead atoms. The van der Waals surface area contributed by atoms with E-state index in [1.54, 1.807) is 6.20 Å². The molecule has 3 atom stereocenters. The Morgan fingerprint density at radius 3 is 2.81 bits per heavy atom. The molecule has 3 aromatic rings. The number of thiocarbonyl (C=S) groups is 1. The van der Waals surface area contributed by atoms with Gasteiger partial charge in [0.15, 0.2) is 5.11 Å². The number of pyridine rings is 2. The summed E-state index contributed by atoms with van der Waals surface area (Å²) < 4.78 is 8.23. The predicted octanol–water partition coefficient (Wildman–Crippen LogP) is 4.04. The van der Waals surface area contributed by atoms with Gasteiger partial charge in [-0.15, -0.1) is 0 Å². The minimum atomic E-state index is -0.0158. The maximum absolute atomic E-state index is 5.96. The van der Waals surface area contributed by atoms with Gasteiger partial charge in [-0.2, -0.15) is 0 Å². The van der Waals surface area contributed by atoms with E-state index >= 15 is 0 Å². The number of nitrogens with zero attached hydrogens (tertiary/aromatic N) is 4. The molecule has 0 radical (unpaired) electrons. The second-order valence-corrected chi connectivity index (χ2v) is 8.67. The van der Waals surface area contributed by atoms with Gasteiger partial charge in [0.05, 0.1) is 35.8 Å². The number of aryl methyl sites for hydroxylation is 1. The van der Waals surface area contributed by atoms with Gasteiger partial charge in [-0.05, 0) is 74.8 Å². The molecule has 0 amide bonds. The molecule has 5 heterocycles. The molecule has 1 N–H and O–H groups in total. The summed E-state index contributed by atoms with van der Waals surface area (Å²) in [5.74, 6) is 0. The maximum Gasteiger partial charge on any atom is 0.170 e. The lowest BCUT2D eigenvalue weighted by Gasteiger charge is -2.30. The highest BCUT2D eigenvalue weighted by molar-refractivity contribution is 7.80. The molecule has 0 saturated carbocycles. The highest BCUT2D eigenvalue weighted by Gasteiger charge is 2.42. The van der Waals surface area contributed by atoms with Crippen molar-refractivity contribution in [2.24, 2.45) is 0 Å². The van der Waals surface area contributed by atoms with Crippen molar-refractivity contribution in [1.82, 2.24) is 24.8 Å². The second kappa shape index (κ2) is 8.40. The van der Waals surface area contributed by atoms with E-state index in [1.165, 1.54) is 17.0 Å². The fourth-order valence-electron chi connectivity index (χ4n) is 4.92. The Morgan fingerprint density at radius 1 is 1.19 bits per heavy atom. The first-order chi connectivity index (χ1) is 15.1. The van der Waals surface area contributed by atoms with Crippen LogP contribution in [0.15, 0.2) is 55.0 Å². The Balaban J connectivity index is 1.59. The van der Waals surface area contributed by atoms with Gasteiger partial charge in [0.2, 0.25) is 0 Å². The van der Waals surface area contributed by atoms with Gasteiger partial charge >= 0.3 is 0 Å². The third kappa shape index (κ3) is 3.72. The van der Waals surface area contributed by atoms with Crippen LogP contribution in [0.5, 0.6) is 0 Å². The lowest BCUT2D eigenvalue weighted by atomic mass is 9.96. The van der Waals surface area contributed by atoms with Crippen molar-refractivity contribution >= 4 is 17.3 Å². The van der Waals surface area contributed by atoms with Gasteiger partial charge in [-0.25, -0.2) is 0 Å². The molecule has 160 valence electrons. The van der Waals surface area contributed by atoms with Crippen LogP contribution in [0.1, 0.15) is 47.6 Å². The molecule has 2 fully saturated rings. The Kier molecular flexibility index (Phi) is 5.46. The number of aromatic nitrogens is 3. The Labute approximate surface area is 188 Å². The predicted molar refractivity (Wildman–Crippen MR) is 124 cm³/mol. The molecule has 2 aliphatic heterocycles. The molecule has 2 saturated heterocycles. The molecular formula is C24H27N5OS. The molecule has 7 heteroatoms. The molecule has 0 spiro atoms. The van der Waals surface area contributed by atoms with E-state index in [1.807, 2.05) is 30.6 Å². The van der Waals surface area contributed by atoms with Gasteiger partial charge in [-0.1, -0.05) is 6.07 Å². The van der Waals surface area contributed by atoms with Crippen molar-refractivity contribution < 1.29 is 4.74 Å². The van der Waals surface area contributed by atoms with Crippen molar-refractivity contribution in [2.75, 3.05) is 13.2 Å². The normalized spacial score (nSPS) is 23.4. The van der Waals surface area contributed by atoms with Crippen molar-refractivity contribution in [3.8, 4) is 5.69 Å². The van der Waals surface area contributed by atoms with Crippen molar-refractivity contribution in [3.05, 3.63) is 77.6 Å². The Morgan fingerprint density at radius 2 is 2.10 bits per heavy atom. The lowest BCUT2D eigenvalue weighted by Crippen LogP contribution is -2.36. The zero-order chi connectivity index (χ0) is 21.4. The van der Waals surface area contributed by atoms with Crippen LogP contribution in [0.3, 0.4) is 0 Å². The summed E-state index contributed by atoms with van der Waals surface area (Å²) in [6.45, 7) is 5.94. The first-order valence-corrected chi connectivity index (χ1v) is 11.2. The van der Waals surface area contributed by atoms with Crippen LogP contribution < -0.4 is 5.32 Å². The van der Waals surface area contributed by atoms with Crippen LogP contribution in [-0.2, 0) is 4.74 Å². The first kappa shape index (κ1) is 20.2. The monoisotopic (exact) mass is 433 g/mol. The van der Waals surface area contributed by atoms with Crippen molar-refractivity contribution in [1.29, 1.82) is 0 Å². The van der Waals surface area contributed by atoms with E-state index < -0.39 is 0 Å². The Bertz CT molecular complexity index is 1060. The topological polar surface area (TPSA) is 55.2 Å². The van der Waals surface area contributed by atoms with Gasteiger partial charge in [0.25, 0.3) is 0 Å². The van der Waals surface area contributed by atoms with E-state index in [0.717, 1.165) is 42.5 Å². The highest BCUT2D eigenvalue weighted by Crippen LogP contribution is 2.41. The van der Waals surface area contributed by atoms with Crippen LogP contribution in [0.4, 0.5) is 0 Å². The average molecular weight is 434 g/mol. The quantitative estimate of drug-likeness (QED) is 0.613. The minimum Gasteiger partial charge on any atom is -0.376 e. The first-order valence-electron chi connectivity index (χ1n) is 10.8. The number of nitrogens with one attached hydrogen (secondary N) is 1. The van der Waals surface area contributed by atoms with Crippen LogP contribution in [-0.4, -0.2) is 43.8 Å². The van der Waals surface area contributed by atoms with E-state index in [4.69, 9.17) is 17.0 Å². The molecule has 31 heavy (non-hydrogen) atoms. The number of ether oxygens (including phenoxy) is 1. The van der Waals surface area contributed by atoms with Crippen LogP contribution in [0.25, 0.3) is 5.69 Å². The minimum absolute atomic E-state index is 0.0158. The average Bonchev–Trinajstić information content (AvgIpc) is 3.49. The van der Waals surface area contributed by atoms with Crippen molar-refractivity contribution in [3.63, 3.8) is 0 Å². The molecule has 0 unspecified atom stereocenters. The lowest BCUT2D eigenvalue weighted by molar-refractivity contribution is 0.0842. The summed E-state index contributed by atoms with van der Waals surface area (Å²) in [5.41, 5.74) is 5.69. The number of hydrogen-bond donors (Lipinski definition) is 1. The third-order valence-electron chi connectivity index (χ3n) is 6.32. The van der Waals surface area contributed by atoms with Gasteiger partial charge < -0.3 is 19.5 Å². The standard InChI is InChI=1S/C24H27N5OS/c1-16-13-20(17(2)29(16)18-7-5-10-25-14-18)23-22(21-9-3-4-11-26-21)27-24(31)28(23)15-19-8-6-12-30-19/h3-5,7,9-11,13-14,19,22-23H,6,8,12,15H2,1-2H3,(H,27,31)/t19-,22+,23+/m0/s1. The number of rotatable bonds is 5. The fourth-order valence-corrected chi connectivity index (χ4v) is 5.23. The van der Waals surface area contributed by atoms with Crippen LogP contribution in [0, 0.1) is 13.8 Å². The second-order valence-electron chi connectivity index (χ2n) is 8.29. The van der Waals surface area contributed by atoms with Gasteiger partial charge in [0.1, 0.15) is 0 Å². The smallest absolute Gasteiger partial charge is 0.170 e. The van der Waals surface area contributed by atoms with E-state index in [-0.39, 0.29) is 18.2 Å². The molecule has 3 aromatic heterocycles. The van der Waals surface area contributed by atoms with E-state index in [0.29, 0.717) is 0 Å². The fraction of sp³-hybridized carbons (Fsp3) is 0.375. The Hall–Kier alpha value is -2.77. The SMILES string of the molecule is Cc1cc([C@@H]2[C@@H](c3ccccn3)NC(=S)N2C[C@@H]2CCCO2)c(C)n1-c1cccnc1. The summed E-state index contributed by atoms with van der Waals surface area (Å²) >= 11 is 5.82. The summed E-state index contributed by atoms with van der Waals surface area (Å²) in [5, 5.41) is 4.32. The van der Waals surface area contributed by atoms with E-state index in [2.05, 4.69) is 56.8 Å². The maximum atomic E-state index is 5.96. The molecule has 6 nitrogen and oxygen atoms in total. The van der Waals surface area contributed by atoms with Crippen LogP contribution >= 0.6 is 12.2 Å². The zero-order valence-electron chi connectivity index (χ0n) is 17.9. The molecule has 2 aliphatic rings. The molecule has 0 aliphatic carbocycles. The van der Waals surface area contributed by atoms with Gasteiger partial charge in [0, 0.05) is 36.9 Å². The van der Waals surface area contributed by atoms with Gasteiger partial charge in [-0.3, -0.25) is 9.97 Å². The molecular weight excluding hydrogens is 406 g/mol.